The Morgan fingerprint density at radius 1 is 1.15 bits per heavy atom. The Hall–Kier alpha value is -3.48. The lowest BCUT2D eigenvalue weighted by atomic mass is 9.99. The zero-order valence-corrected chi connectivity index (χ0v) is 14.0. The lowest BCUT2D eigenvalue weighted by Gasteiger charge is -2.32. The molecular weight excluding hydrogens is 332 g/mol. The van der Waals surface area contributed by atoms with E-state index in [1.807, 2.05) is 41.3 Å². The highest BCUT2D eigenvalue weighted by molar-refractivity contribution is 5.90. The third-order valence-corrected chi connectivity index (χ3v) is 4.16. The van der Waals surface area contributed by atoms with Crippen molar-refractivity contribution in [3.63, 3.8) is 0 Å². The van der Waals surface area contributed by atoms with E-state index in [-0.39, 0.29) is 0 Å². The Morgan fingerprint density at radius 3 is 2.85 bits per heavy atom. The number of aliphatic carboxylic acids is 1. The van der Waals surface area contributed by atoms with E-state index in [1.54, 1.807) is 18.6 Å². The number of carbonyl (C=O) groups is 1. The summed E-state index contributed by atoms with van der Waals surface area (Å²) in [6.45, 7) is 1.29. The average molecular weight is 350 g/mol. The lowest BCUT2D eigenvalue weighted by Crippen LogP contribution is -2.31. The van der Waals surface area contributed by atoms with Gasteiger partial charge in [0.15, 0.2) is 5.75 Å². The van der Waals surface area contributed by atoms with Crippen molar-refractivity contribution in [2.45, 2.75) is 6.42 Å². The maximum absolute atomic E-state index is 11.4. The molecule has 1 aromatic carbocycles. The second-order valence-electron chi connectivity index (χ2n) is 5.97. The van der Waals surface area contributed by atoms with Crippen molar-refractivity contribution in [2.24, 2.45) is 0 Å². The first kappa shape index (κ1) is 16.0. The minimum Gasteiger partial charge on any atom is -0.478 e. The van der Waals surface area contributed by atoms with Gasteiger partial charge in [0, 0.05) is 31.9 Å². The normalized spacial score (nSPS) is 14.5. The van der Waals surface area contributed by atoms with Gasteiger partial charge in [0.05, 0.1) is 17.5 Å². The summed E-state index contributed by atoms with van der Waals surface area (Å²) in [6.07, 6.45) is 5.54. The number of pyridine rings is 1. The van der Waals surface area contributed by atoms with Gasteiger partial charge in [0.2, 0.25) is 5.88 Å². The maximum Gasteiger partial charge on any atom is 0.333 e. The Labute approximate surface area is 150 Å². The summed E-state index contributed by atoms with van der Waals surface area (Å²) in [7, 11) is 0. The van der Waals surface area contributed by atoms with Crippen molar-refractivity contribution in [3.8, 4) is 5.75 Å². The summed E-state index contributed by atoms with van der Waals surface area (Å²) in [4.78, 5) is 17.4. The van der Waals surface area contributed by atoms with Gasteiger partial charge in [-0.25, -0.2) is 9.78 Å². The molecular formula is C19H18N4O3. The molecule has 2 aliphatic heterocycles. The largest absolute Gasteiger partial charge is 0.478 e. The number of carboxylic acids is 1. The zero-order chi connectivity index (χ0) is 17.9. The minimum absolute atomic E-state index is 0.351. The average Bonchev–Trinajstić information content (AvgIpc) is 2.66. The van der Waals surface area contributed by atoms with Crippen LogP contribution in [0.4, 0.5) is 11.5 Å². The number of nitrogens with zero attached hydrogens (tertiary/aromatic N) is 2. The van der Waals surface area contributed by atoms with E-state index in [0.29, 0.717) is 36.7 Å². The second kappa shape index (κ2) is 6.79. The molecule has 2 aliphatic rings. The van der Waals surface area contributed by atoms with Gasteiger partial charge in [-0.05, 0) is 23.8 Å². The highest BCUT2D eigenvalue weighted by Gasteiger charge is 2.27. The van der Waals surface area contributed by atoms with E-state index >= 15 is 0 Å². The molecule has 0 saturated carbocycles. The smallest absolute Gasteiger partial charge is 0.333 e. The van der Waals surface area contributed by atoms with Crippen molar-refractivity contribution in [1.29, 1.82) is 0 Å². The van der Waals surface area contributed by atoms with E-state index in [4.69, 9.17) is 4.74 Å². The molecule has 0 radical (unpaired) electrons. The number of nitrogens with one attached hydrogen (secondary N) is 2. The second-order valence-corrected chi connectivity index (χ2v) is 5.97. The molecule has 0 aliphatic carbocycles. The fraction of sp³-hybridized carbons (Fsp3) is 0.158. The third-order valence-electron chi connectivity index (χ3n) is 4.16. The van der Waals surface area contributed by atoms with Gasteiger partial charge in [-0.2, -0.15) is 0 Å². The first-order valence-electron chi connectivity index (χ1n) is 8.33. The summed E-state index contributed by atoms with van der Waals surface area (Å²) in [6, 6.07) is 11.4. The van der Waals surface area contributed by atoms with Crippen LogP contribution in [0.15, 0.2) is 66.5 Å². The van der Waals surface area contributed by atoms with Gasteiger partial charge in [0.1, 0.15) is 5.82 Å². The number of anilines is 2. The fourth-order valence-corrected chi connectivity index (χ4v) is 3.00. The van der Waals surface area contributed by atoms with Gasteiger partial charge in [0.25, 0.3) is 0 Å². The molecule has 3 heterocycles. The van der Waals surface area contributed by atoms with Crippen LogP contribution in [0.25, 0.3) is 0 Å². The van der Waals surface area contributed by atoms with Crippen molar-refractivity contribution < 1.29 is 14.6 Å². The molecule has 0 spiro atoms. The molecule has 7 heteroatoms. The number of rotatable bonds is 6. The van der Waals surface area contributed by atoms with Crippen LogP contribution in [0.1, 0.15) is 5.56 Å². The monoisotopic (exact) mass is 350 g/mol. The molecule has 7 nitrogen and oxygen atoms in total. The number of aromatic nitrogens is 1. The number of ether oxygens (including phenoxy) is 1. The van der Waals surface area contributed by atoms with Gasteiger partial charge >= 0.3 is 5.97 Å². The van der Waals surface area contributed by atoms with Crippen molar-refractivity contribution >= 4 is 17.5 Å². The van der Waals surface area contributed by atoms with Crippen LogP contribution in [0.2, 0.25) is 0 Å². The number of carboxylic acid groups (broad SMARTS) is 1. The maximum atomic E-state index is 11.4. The molecule has 1 aromatic heterocycles. The molecule has 0 amide bonds. The molecule has 2 aromatic rings. The van der Waals surface area contributed by atoms with E-state index < -0.39 is 5.97 Å². The third kappa shape index (κ3) is 3.19. The Bertz CT molecular complexity index is 893. The van der Waals surface area contributed by atoms with E-state index in [2.05, 4.69) is 15.6 Å². The van der Waals surface area contributed by atoms with Crippen LogP contribution in [0.5, 0.6) is 5.75 Å². The predicted molar refractivity (Wildman–Crippen MR) is 97.8 cm³/mol. The van der Waals surface area contributed by atoms with Crippen LogP contribution in [0.3, 0.4) is 0 Å². The highest BCUT2D eigenvalue weighted by atomic mass is 16.5. The van der Waals surface area contributed by atoms with Crippen molar-refractivity contribution in [2.75, 3.05) is 23.3 Å². The quantitative estimate of drug-likeness (QED) is 0.689. The molecule has 0 fully saturated rings. The summed E-state index contributed by atoms with van der Waals surface area (Å²) in [5, 5.41) is 15.8. The Kier molecular flexibility index (Phi) is 4.18. The zero-order valence-electron chi connectivity index (χ0n) is 14.0. The first-order valence-corrected chi connectivity index (χ1v) is 8.33. The molecule has 0 atom stereocenters. The van der Waals surface area contributed by atoms with Crippen molar-refractivity contribution in [1.82, 2.24) is 10.3 Å². The predicted octanol–water partition coefficient (Wildman–Crippen LogP) is 2.31. The molecule has 0 unspecified atom stereocenters. The number of hydrogen-bond acceptors (Lipinski definition) is 6. The summed E-state index contributed by atoms with van der Waals surface area (Å²) >= 11 is 0. The Morgan fingerprint density at radius 2 is 2.04 bits per heavy atom. The standard InChI is InChI=1S/C19H18N4O3/c24-19(25)14-10-13-4-3-5-15-18(13)23(11-14)12-17(26-15)22-9-8-21-16-6-1-2-7-20-16/h1-7,11-12,22H,8-10H2,(H,20,21)(H,24,25). The molecule has 4 rings (SSSR count). The molecule has 26 heavy (non-hydrogen) atoms. The van der Waals surface area contributed by atoms with Crippen molar-refractivity contribution in [3.05, 3.63) is 72.0 Å². The SMILES string of the molecule is O=C(O)C1=CN2C=C(NCCNc3ccccn3)Oc3cccc(c32)C1. The highest BCUT2D eigenvalue weighted by Crippen LogP contribution is 2.40. The summed E-state index contributed by atoms with van der Waals surface area (Å²) < 4.78 is 5.91. The minimum atomic E-state index is -0.907. The van der Waals surface area contributed by atoms with E-state index in [9.17, 15) is 9.90 Å². The molecule has 0 bridgehead atoms. The lowest BCUT2D eigenvalue weighted by molar-refractivity contribution is -0.132. The van der Waals surface area contributed by atoms with E-state index in [0.717, 1.165) is 17.1 Å². The summed E-state index contributed by atoms with van der Waals surface area (Å²) in [5.41, 5.74) is 2.19. The summed E-state index contributed by atoms with van der Waals surface area (Å²) in [5.74, 6) is 1.19. The van der Waals surface area contributed by atoms with Crippen LogP contribution >= 0.6 is 0 Å². The van der Waals surface area contributed by atoms with E-state index in [1.165, 1.54) is 0 Å². The van der Waals surface area contributed by atoms with Crippen LogP contribution in [0, 0.1) is 0 Å². The number of hydrogen-bond donors (Lipinski definition) is 3. The van der Waals surface area contributed by atoms with Gasteiger partial charge in [-0.3, -0.25) is 0 Å². The van der Waals surface area contributed by atoms with Crippen LogP contribution in [-0.2, 0) is 11.2 Å². The van der Waals surface area contributed by atoms with Gasteiger partial charge in [-0.1, -0.05) is 18.2 Å². The van der Waals surface area contributed by atoms with Gasteiger partial charge in [-0.15, -0.1) is 0 Å². The topological polar surface area (TPSA) is 86.7 Å². The number of benzene rings is 1. The fourth-order valence-electron chi connectivity index (χ4n) is 3.00. The van der Waals surface area contributed by atoms with Crippen LogP contribution < -0.4 is 20.3 Å². The molecule has 132 valence electrons. The van der Waals surface area contributed by atoms with Crippen LogP contribution in [-0.4, -0.2) is 29.1 Å². The molecule has 0 saturated heterocycles. The first-order chi connectivity index (χ1) is 12.7. The Balaban J connectivity index is 1.45. The molecule has 3 N–H and O–H groups in total. The van der Waals surface area contributed by atoms with Gasteiger partial charge < -0.3 is 25.4 Å². The number of para-hydroxylation sites is 1.